The Bertz CT molecular complexity index is 253. The Morgan fingerprint density at radius 3 is 2.56 bits per heavy atom. The topological polar surface area (TPSA) is 73.5 Å². The van der Waals surface area contributed by atoms with Gasteiger partial charge in [0.05, 0.1) is 0 Å². The highest BCUT2D eigenvalue weighted by atomic mass is 16.2. The van der Waals surface area contributed by atoms with Gasteiger partial charge < -0.3 is 10.6 Å². The van der Waals surface area contributed by atoms with Gasteiger partial charge in [0.2, 0.25) is 5.91 Å². The van der Waals surface area contributed by atoms with E-state index >= 15 is 0 Å². The Kier molecular flexibility index (Phi) is 5.21. The molecule has 1 heterocycles. The summed E-state index contributed by atoms with van der Waals surface area (Å²) in [5.74, 6) is -0.231. The Balaban J connectivity index is 2.20. The summed E-state index contributed by atoms with van der Waals surface area (Å²) in [5, 5.41) is 7.80. The number of likely N-dealkylation sites (N-methyl/N-ethyl adjacent to an activating group) is 1. The standard InChI is InChI=1S/C10H20N4O2/c1-3-14(8-6-12-7-8)5-4-9(15)13-10(16)11-2/h8,12H,3-7H2,1-2H3,(H2,11,13,15,16). The molecule has 0 atom stereocenters. The minimum atomic E-state index is -0.446. The second kappa shape index (κ2) is 6.44. The van der Waals surface area contributed by atoms with Crippen molar-refractivity contribution in [3.05, 3.63) is 0 Å². The molecule has 1 saturated heterocycles. The summed E-state index contributed by atoms with van der Waals surface area (Å²) in [6, 6.07) is 0.0937. The zero-order chi connectivity index (χ0) is 12.0. The molecular formula is C10H20N4O2. The lowest BCUT2D eigenvalue weighted by molar-refractivity contribution is -0.120. The number of hydrogen-bond acceptors (Lipinski definition) is 4. The quantitative estimate of drug-likeness (QED) is 0.571. The smallest absolute Gasteiger partial charge is 0.321 e. The molecule has 0 radical (unpaired) electrons. The third-order valence-electron chi connectivity index (χ3n) is 2.79. The van der Waals surface area contributed by atoms with Crippen LogP contribution >= 0.6 is 0 Å². The number of carbonyl (C=O) groups excluding carboxylic acids is 2. The van der Waals surface area contributed by atoms with Crippen molar-refractivity contribution in [1.82, 2.24) is 20.9 Å². The van der Waals surface area contributed by atoms with Crippen LogP contribution in [0.1, 0.15) is 13.3 Å². The molecule has 0 aromatic heterocycles. The highest BCUT2D eigenvalue weighted by Gasteiger charge is 2.23. The second-order valence-corrected chi connectivity index (χ2v) is 3.82. The summed E-state index contributed by atoms with van der Waals surface area (Å²) in [6.07, 6.45) is 0.359. The van der Waals surface area contributed by atoms with E-state index in [1.165, 1.54) is 7.05 Å². The summed E-state index contributed by atoms with van der Waals surface area (Å²) < 4.78 is 0. The van der Waals surface area contributed by atoms with Crippen LogP contribution in [-0.2, 0) is 4.79 Å². The molecule has 6 heteroatoms. The molecule has 92 valence electrons. The first kappa shape index (κ1) is 12.9. The molecule has 0 saturated carbocycles. The number of imide groups is 1. The lowest BCUT2D eigenvalue weighted by atomic mass is 10.1. The van der Waals surface area contributed by atoms with E-state index in [4.69, 9.17) is 0 Å². The SMILES string of the molecule is CCN(CCC(=O)NC(=O)NC)C1CNC1. The molecule has 0 aromatic carbocycles. The fourth-order valence-corrected chi connectivity index (χ4v) is 1.63. The first-order valence-corrected chi connectivity index (χ1v) is 5.63. The molecule has 1 aliphatic rings. The Hall–Kier alpha value is -1.14. The molecule has 1 aliphatic heterocycles. The summed E-state index contributed by atoms with van der Waals surface area (Å²) in [6.45, 7) is 5.69. The molecular weight excluding hydrogens is 208 g/mol. The van der Waals surface area contributed by atoms with Crippen molar-refractivity contribution in [2.45, 2.75) is 19.4 Å². The molecule has 3 N–H and O–H groups in total. The number of carbonyl (C=O) groups is 2. The zero-order valence-electron chi connectivity index (χ0n) is 9.88. The van der Waals surface area contributed by atoms with Gasteiger partial charge in [-0.3, -0.25) is 15.0 Å². The lowest BCUT2D eigenvalue weighted by Gasteiger charge is -2.37. The molecule has 3 amide bonds. The van der Waals surface area contributed by atoms with Crippen molar-refractivity contribution in [1.29, 1.82) is 0 Å². The molecule has 6 nitrogen and oxygen atoms in total. The van der Waals surface area contributed by atoms with E-state index in [2.05, 4.69) is 27.8 Å². The van der Waals surface area contributed by atoms with Crippen LogP contribution in [0.15, 0.2) is 0 Å². The molecule has 1 rings (SSSR count). The third-order valence-corrected chi connectivity index (χ3v) is 2.79. The Morgan fingerprint density at radius 1 is 1.44 bits per heavy atom. The van der Waals surface area contributed by atoms with Crippen molar-refractivity contribution < 1.29 is 9.59 Å². The average Bonchev–Trinajstić information content (AvgIpc) is 2.20. The van der Waals surface area contributed by atoms with Gasteiger partial charge in [0.25, 0.3) is 0 Å². The Morgan fingerprint density at radius 2 is 2.12 bits per heavy atom. The van der Waals surface area contributed by atoms with E-state index in [1.54, 1.807) is 0 Å². The normalized spacial score (nSPS) is 15.7. The predicted octanol–water partition coefficient (Wildman–Crippen LogP) is -0.874. The number of rotatable bonds is 5. The second-order valence-electron chi connectivity index (χ2n) is 3.82. The van der Waals surface area contributed by atoms with Crippen molar-refractivity contribution in [2.24, 2.45) is 0 Å². The van der Waals surface area contributed by atoms with Crippen molar-refractivity contribution in [3.8, 4) is 0 Å². The number of hydrogen-bond donors (Lipinski definition) is 3. The van der Waals surface area contributed by atoms with Crippen LogP contribution in [0.2, 0.25) is 0 Å². The Labute approximate surface area is 95.8 Å². The summed E-state index contributed by atoms with van der Waals surface area (Å²) in [5.41, 5.74) is 0. The third kappa shape index (κ3) is 3.79. The molecule has 0 aliphatic carbocycles. The van der Waals surface area contributed by atoms with Crippen LogP contribution in [0.25, 0.3) is 0 Å². The van der Waals surface area contributed by atoms with Gasteiger partial charge in [-0.25, -0.2) is 4.79 Å². The number of nitrogens with zero attached hydrogens (tertiary/aromatic N) is 1. The molecule has 0 aromatic rings. The summed E-state index contributed by atoms with van der Waals surface area (Å²) in [7, 11) is 1.49. The van der Waals surface area contributed by atoms with Gasteiger partial charge in [0.15, 0.2) is 0 Å². The van der Waals surface area contributed by atoms with Gasteiger partial charge in [-0.05, 0) is 6.54 Å². The maximum Gasteiger partial charge on any atom is 0.321 e. The maximum absolute atomic E-state index is 11.3. The molecule has 0 unspecified atom stereocenters. The van der Waals surface area contributed by atoms with E-state index < -0.39 is 6.03 Å². The fourth-order valence-electron chi connectivity index (χ4n) is 1.63. The van der Waals surface area contributed by atoms with E-state index in [9.17, 15) is 9.59 Å². The zero-order valence-corrected chi connectivity index (χ0v) is 9.88. The molecule has 16 heavy (non-hydrogen) atoms. The minimum Gasteiger partial charge on any atom is -0.341 e. The van der Waals surface area contributed by atoms with E-state index in [0.717, 1.165) is 19.6 Å². The maximum atomic E-state index is 11.3. The van der Waals surface area contributed by atoms with Crippen molar-refractivity contribution in [3.63, 3.8) is 0 Å². The van der Waals surface area contributed by atoms with Crippen LogP contribution in [0.3, 0.4) is 0 Å². The van der Waals surface area contributed by atoms with Crippen LogP contribution in [0.5, 0.6) is 0 Å². The van der Waals surface area contributed by atoms with Gasteiger partial charge in [-0.1, -0.05) is 6.92 Å². The van der Waals surface area contributed by atoms with Crippen LogP contribution in [0.4, 0.5) is 4.79 Å². The largest absolute Gasteiger partial charge is 0.341 e. The van der Waals surface area contributed by atoms with Crippen molar-refractivity contribution in [2.75, 3.05) is 33.2 Å². The van der Waals surface area contributed by atoms with E-state index in [1.807, 2.05) is 0 Å². The number of nitrogens with one attached hydrogen (secondary N) is 3. The van der Waals surface area contributed by atoms with Crippen LogP contribution in [0, 0.1) is 0 Å². The number of amides is 3. The average molecular weight is 228 g/mol. The highest BCUT2D eigenvalue weighted by Crippen LogP contribution is 2.04. The molecule has 0 spiro atoms. The van der Waals surface area contributed by atoms with Crippen molar-refractivity contribution >= 4 is 11.9 Å². The van der Waals surface area contributed by atoms with Gasteiger partial charge >= 0.3 is 6.03 Å². The van der Waals surface area contributed by atoms with Gasteiger partial charge in [0, 0.05) is 39.1 Å². The summed E-state index contributed by atoms with van der Waals surface area (Å²) in [4.78, 5) is 24.5. The first-order valence-electron chi connectivity index (χ1n) is 5.63. The minimum absolute atomic E-state index is 0.231. The van der Waals surface area contributed by atoms with Crippen LogP contribution in [-0.4, -0.2) is 56.1 Å². The van der Waals surface area contributed by atoms with Crippen LogP contribution < -0.4 is 16.0 Å². The van der Waals surface area contributed by atoms with Gasteiger partial charge in [0.1, 0.15) is 0 Å². The van der Waals surface area contributed by atoms with Gasteiger partial charge in [-0.2, -0.15) is 0 Å². The lowest BCUT2D eigenvalue weighted by Crippen LogP contribution is -2.57. The van der Waals surface area contributed by atoms with E-state index in [-0.39, 0.29) is 5.91 Å². The molecule has 1 fully saturated rings. The predicted molar refractivity (Wildman–Crippen MR) is 61.1 cm³/mol. The van der Waals surface area contributed by atoms with Gasteiger partial charge in [-0.15, -0.1) is 0 Å². The highest BCUT2D eigenvalue weighted by molar-refractivity contribution is 5.94. The first-order chi connectivity index (χ1) is 7.67. The fraction of sp³-hybridized carbons (Fsp3) is 0.800. The number of urea groups is 1. The summed E-state index contributed by atoms with van der Waals surface area (Å²) >= 11 is 0. The molecule has 0 bridgehead atoms. The van der Waals surface area contributed by atoms with E-state index in [0.29, 0.717) is 19.0 Å². The monoisotopic (exact) mass is 228 g/mol.